The average molecular weight is 192 g/mol. The van der Waals surface area contributed by atoms with Crippen LogP contribution in [0, 0.1) is 0 Å². The number of thioether (sulfide) groups is 1. The lowest BCUT2D eigenvalue weighted by atomic mass is 10.7. The second kappa shape index (κ2) is 9.32. The van der Waals surface area contributed by atoms with E-state index in [4.69, 9.17) is 10.5 Å². The average Bonchev–Trinajstić information content (AvgIpc) is 2.02. The summed E-state index contributed by atoms with van der Waals surface area (Å²) in [5.74, 6) is 2.26. The van der Waals surface area contributed by atoms with Crippen LogP contribution in [0.5, 0.6) is 0 Å². The van der Waals surface area contributed by atoms with Gasteiger partial charge in [0.25, 0.3) is 0 Å². The molecule has 0 rings (SSSR count). The highest BCUT2D eigenvalue weighted by Crippen LogP contribution is 1.98. The monoisotopic (exact) mass is 192 g/mol. The Labute approximate surface area is 79.6 Å². The first-order chi connectivity index (χ1) is 5.77. The highest BCUT2D eigenvalue weighted by molar-refractivity contribution is 7.99. The van der Waals surface area contributed by atoms with Gasteiger partial charge in [0.05, 0.1) is 13.2 Å². The molecule has 0 spiro atoms. The van der Waals surface area contributed by atoms with Crippen LogP contribution in [0.25, 0.3) is 0 Å². The lowest BCUT2D eigenvalue weighted by Crippen LogP contribution is -2.15. The second-order valence-corrected chi connectivity index (χ2v) is 4.04. The molecule has 0 atom stereocenters. The molecule has 3 nitrogen and oxygen atoms in total. The molecule has 0 fully saturated rings. The minimum absolute atomic E-state index is 0.627. The predicted octanol–water partition coefficient (Wildman–Crippen LogP) is 0.257. The van der Waals surface area contributed by atoms with Gasteiger partial charge < -0.3 is 15.4 Å². The van der Waals surface area contributed by atoms with Gasteiger partial charge in [-0.15, -0.1) is 0 Å². The van der Waals surface area contributed by atoms with Gasteiger partial charge in [0, 0.05) is 24.6 Å². The van der Waals surface area contributed by atoms with Gasteiger partial charge in [-0.3, -0.25) is 0 Å². The molecule has 0 aromatic rings. The van der Waals surface area contributed by atoms with Crippen molar-refractivity contribution in [3.05, 3.63) is 0 Å². The molecule has 0 aliphatic heterocycles. The van der Waals surface area contributed by atoms with E-state index in [0.717, 1.165) is 18.9 Å². The first kappa shape index (κ1) is 12.2. The van der Waals surface area contributed by atoms with E-state index in [1.165, 1.54) is 5.75 Å². The third-order valence-electron chi connectivity index (χ3n) is 1.32. The smallest absolute Gasteiger partial charge is 0.0589 e. The molecule has 0 bridgehead atoms. The molecular weight excluding hydrogens is 172 g/mol. The Bertz CT molecular complexity index is 91.1. The fourth-order valence-electron chi connectivity index (χ4n) is 0.652. The molecule has 0 amide bonds. The largest absolute Gasteiger partial charge is 0.379 e. The van der Waals surface area contributed by atoms with Gasteiger partial charge in [0.1, 0.15) is 0 Å². The van der Waals surface area contributed by atoms with E-state index >= 15 is 0 Å². The Morgan fingerprint density at radius 1 is 1.25 bits per heavy atom. The Kier molecular flexibility index (Phi) is 9.50. The van der Waals surface area contributed by atoms with Gasteiger partial charge in [-0.25, -0.2) is 0 Å². The van der Waals surface area contributed by atoms with Crippen LogP contribution in [0.15, 0.2) is 0 Å². The standard InChI is InChI=1S/C8H20N2OS/c1-10(2)4-7-12-8-6-11-5-3-9/h3-9H2,1-2H3. The van der Waals surface area contributed by atoms with Gasteiger partial charge in [-0.05, 0) is 14.1 Å². The van der Waals surface area contributed by atoms with Gasteiger partial charge in [-0.1, -0.05) is 0 Å². The molecule has 0 aromatic heterocycles. The van der Waals surface area contributed by atoms with Crippen LogP contribution < -0.4 is 5.73 Å². The molecule has 4 heteroatoms. The fourth-order valence-corrected chi connectivity index (χ4v) is 1.59. The van der Waals surface area contributed by atoms with Crippen molar-refractivity contribution in [1.29, 1.82) is 0 Å². The van der Waals surface area contributed by atoms with Crippen LogP contribution in [-0.2, 0) is 4.74 Å². The zero-order valence-corrected chi connectivity index (χ0v) is 8.90. The summed E-state index contributed by atoms with van der Waals surface area (Å²) in [4.78, 5) is 2.19. The molecule has 0 saturated carbocycles. The number of ether oxygens (including phenoxy) is 1. The summed E-state index contributed by atoms with van der Waals surface area (Å²) in [6.45, 7) is 3.29. The van der Waals surface area contributed by atoms with Crippen molar-refractivity contribution >= 4 is 11.8 Å². The van der Waals surface area contributed by atoms with Gasteiger partial charge in [0.2, 0.25) is 0 Å². The molecule has 0 unspecified atom stereocenters. The quantitative estimate of drug-likeness (QED) is 0.560. The molecule has 0 aliphatic carbocycles. The number of nitrogens with two attached hydrogens (primary N) is 1. The maximum Gasteiger partial charge on any atom is 0.0589 e. The summed E-state index contributed by atoms with van der Waals surface area (Å²) in [6.07, 6.45) is 0. The summed E-state index contributed by atoms with van der Waals surface area (Å²) in [6, 6.07) is 0. The van der Waals surface area contributed by atoms with Crippen molar-refractivity contribution in [1.82, 2.24) is 4.90 Å². The Hall–Kier alpha value is 0.230. The van der Waals surface area contributed by atoms with E-state index in [2.05, 4.69) is 19.0 Å². The number of hydrogen-bond acceptors (Lipinski definition) is 4. The van der Waals surface area contributed by atoms with Crippen molar-refractivity contribution < 1.29 is 4.74 Å². The number of nitrogens with zero attached hydrogens (tertiary/aromatic N) is 1. The summed E-state index contributed by atoms with van der Waals surface area (Å²) >= 11 is 1.92. The van der Waals surface area contributed by atoms with Crippen molar-refractivity contribution in [2.45, 2.75) is 0 Å². The predicted molar refractivity (Wildman–Crippen MR) is 55.8 cm³/mol. The minimum Gasteiger partial charge on any atom is -0.379 e. The van der Waals surface area contributed by atoms with Gasteiger partial charge >= 0.3 is 0 Å². The second-order valence-electron chi connectivity index (χ2n) is 2.82. The highest BCUT2D eigenvalue weighted by Gasteiger charge is 1.91. The van der Waals surface area contributed by atoms with E-state index in [0.29, 0.717) is 13.2 Å². The summed E-state index contributed by atoms with van der Waals surface area (Å²) in [5.41, 5.74) is 5.27. The van der Waals surface area contributed by atoms with E-state index in [-0.39, 0.29) is 0 Å². The summed E-state index contributed by atoms with van der Waals surface area (Å²) < 4.78 is 5.23. The maximum absolute atomic E-state index is 5.27. The van der Waals surface area contributed by atoms with Crippen LogP contribution in [0.3, 0.4) is 0 Å². The van der Waals surface area contributed by atoms with Gasteiger partial charge in [-0.2, -0.15) is 11.8 Å². The molecule has 0 aromatic carbocycles. The zero-order valence-electron chi connectivity index (χ0n) is 8.08. The Balaban J connectivity index is 2.82. The molecule has 0 aliphatic rings. The highest BCUT2D eigenvalue weighted by atomic mass is 32.2. The maximum atomic E-state index is 5.27. The fraction of sp³-hybridized carbons (Fsp3) is 1.00. The Morgan fingerprint density at radius 2 is 2.00 bits per heavy atom. The van der Waals surface area contributed by atoms with E-state index in [9.17, 15) is 0 Å². The minimum atomic E-state index is 0.627. The van der Waals surface area contributed by atoms with Crippen LogP contribution in [-0.4, -0.2) is 56.8 Å². The topological polar surface area (TPSA) is 38.5 Å². The van der Waals surface area contributed by atoms with Crippen molar-refractivity contribution in [3.63, 3.8) is 0 Å². The third-order valence-corrected chi connectivity index (χ3v) is 2.24. The first-order valence-electron chi connectivity index (χ1n) is 4.27. The van der Waals surface area contributed by atoms with Crippen LogP contribution in [0.1, 0.15) is 0 Å². The normalized spacial score (nSPS) is 11.0. The number of rotatable bonds is 8. The SMILES string of the molecule is CN(C)CCSCCOCCN. The first-order valence-corrected chi connectivity index (χ1v) is 5.43. The third kappa shape index (κ3) is 10.2. The summed E-state index contributed by atoms with van der Waals surface area (Å²) in [5, 5.41) is 0. The Morgan fingerprint density at radius 3 is 2.58 bits per heavy atom. The van der Waals surface area contributed by atoms with Crippen LogP contribution in [0.2, 0.25) is 0 Å². The van der Waals surface area contributed by atoms with Crippen LogP contribution >= 0.6 is 11.8 Å². The van der Waals surface area contributed by atoms with E-state index in [1.54, 1.807) is 0 Å². The zero-order chi connectivity index (χ0) is 9.23. The summed E-state index contributed by atoms with van der Waals surface area (Å²) in [7, 11) is 4.18. The molecule has 74 valence electrons. The van der Waals surface area contributed by atoms with Crippen molar-refractivity contribution in [2.24, 2.45) is 5.73 Å². The van der Waals surface area contributed by atoms with E-state index in [1.807, 2.05) is 11.8 Å². The van der Waals surface area contributed by atoms with E-state index < -0.39 is 0 Å². The molecular formula is C8H20N2OS. The molecule has 12 heavy (non-hydrogen) atoms. The lowest BCUT2D eigenvalue weighted by Gasteiger charge is -2.08. The lowest BCUT2D eigenvalue weighted by molar-refractivity contribution is 0.158. The molecule has 2 N–H and O–H groups in total. The van der Waals surface area contributed by atoms with Crippen molar-refractivity contribution in [2.75, 3.05) is 51.9 Å². The molecule has 0 heterocycles. The molecule has 0 radical (unpaired) electrons. The number of hydrogen-bond donors (Lipinski definition) is 1. The van der Waals surface area contributed by atoms with Crippen molar-refractivity contribution in [3.8, 4) is 0 Å². The van der Waals surface area contributed by atoms with Gasteiger partial charge in [0.15, 0.2) is 0 Å². The van der Waals surface area contributed by atoms with Crippen LogP contribution in [0.4, 0.5) is 0 Å². The molecule has 0 saturated heterocycles.